The van der Waals surface area contributed by atoms with Gasteiger partial charge in [0.2, 0.25) is 0 Å². The smallest absolute Gasteiger partial charge is 0.375 e. The molecule has 0 atom stereocenters. The van der Waals surface area contributed by atoms with Crippen LogP contribution in [0.1, 0.15) is 6.42 Å². The van der Waals surface area contributed by atoms with Crippen molar-refractivity contribution in [1.29, 1.82) is 5.26 Å². The van der Waals surface area contributed by atoms with Gasteiger partial charge < -0.3 is 15.0 Å². The molecular weight excluding hydrogens is 186 g/mol. The van der Waals surface area contributed by atoms with Crippen LogP contribution in [0.3, 0.4) is 0 Å². The topological polar surface area (TPSA) is 82.4 Å². The summed E-state index contributed by atoms with van der Waals surface area (Å²) in [7, 11) is 0. The van der Waals surface area contributed by atoms with Crippen LogP contribution >= 0.6 is 0 Å². The lowest BCUT2D eigenvalue weighted by molar-refractivity contribution is -0.137. The highest BCUT2D eigenvalue weighted by Crippen LogP contribution is 1.97. The largest absolute Gasteiger partial charge is 0.417 e. The molecule has 0 radical (unpaired) electrons. The van der Waals surface area contributed by atoms with E-state index >= 15 is 0 Å². The fraction of sp³-hybridized carbons (Fsp3) is 0.625. The van der Waals surface area contributed by atoms with Crippen LogP contribution in [0.5, 0.6) is 0 Å². The van der Waals surface area contributed by atoms with Gasteiger partial charge in [0.15, 0.2) is 0 Å². The van der Waals surface area contributed by atoms with Crippen molar-refractivity contribution in [3.8, 4) is 6.07 Å². The molecule has 0 unspecified atom stereocenters. The van der Waals surface area contributed by atoms with E-state index < -0.39 is 18.5 Å². The van der Waals surface area contributed by atoms with E-state index in [-0.39, 0.29) is 0 Å². The molecule has 0 aliphatic carbocycles. The van der Waals surface area contributed by atoms with Crippen LogP contribution < -0.4 is 5.32 Å². The van der Waals surface area contributed by atoms with Crippen molar-refractivity contribution in [2.75, 3.05) is 26.2 Å². The number of amides is 1. The molecule has 14 heavy (non-hydrogen) atoms. The Labute approximate surface area is 81.4 Å². The molecule has 0 saturated carbocycles. The average molecular weight is 197 g/mol. The maximum atomic E-state index is 11.2. The average Bonchev–Trinajstić information content (AvgIpc) is 2.19. The number of nitrogens with one attached hydrogen (secondary N) is 1. The summed E-state index contributed by atoms with van der Waals surface area (Å²) >= 11 is 0. The van der Waals surface area contributed by atoms with Crippen molar-refractivity contribution >= 4 is 12.1 Å². The fourth-order valence-electron chi connectivity index (χ4n) is 1.11. The first-order chi connectivity index (χ1) is 6.74. The van der Waals surface area contributed by atoms with Crippen LogP contribution in [-0.4, -0.2) is 43.1 Å². The van der Waals surface area contributed by atoms with Crippen LogP contribution in [0.2, 0.25) is 0 Å². The molecule has 0 spiro atoms. The third-order valence-corrected chi connectivity index (χ3v) is 1.80. The van der Waals surface area contributed by atoms with Gasteiger partial charge in [-0.2, -0.15) is 5.26 Å². The summed E-state index contributed by atoms with van der Waals surface area (Å²) in [6, 6.07) is 1.62. The van der Waals surface area contributed by atoms with Gasteiger partial charge in [0.25, 0.3) is 0 Å². The zero-order valence-electron chi connectivity index (χ0n) is 7.65. The molecule has 0 bridgehead atoms. The maximum absolute atomic E-state index is 11.2. The summed E-state index contributed by atoms with van der Waals surface area (Å²) in [5, 5.41) is 11.2. The molecule has 1 amide bonds. The minimum atomic E-state index is -0.795. The minimum absolute atomic E-state index is 0.391. The zero-order valence-corrected chi connectivity index (χ0v) is 7.65. The van der Waals surface area contributed by atoms with Crippen molar-refractivity contribution in [2.24, 2.45) is 0 Å². The molecule has 1 aliphatic heterocycles. The Morgan fingerprint density at radius 1 is 1.43 bits per heavy atom. The van der Waals surface area contributed by atoms with Crippen molar-refractivity contribution in [3.63, 3.8) is 0 Å². The highest BCUT2D eigenvalue weighted by Gasteiger charge is 2.19. The summed E-state index contributed by atoms with van der Waals surface area (Å²) in [4.78, 5) is 23.5. The van der Waals surface area contributed by atoms with Crippen molar-refractivity contribution < 1.29 is 14.3 Å². The first kappa shape index (κ1) is 10.5. The Morgan fingerprint density at radius 3 is 2.64 bits per heavy atom. The predicted octanol–water partition coefficient (Wildman–Crippen LogP) is -0.532. The molecule has 1 aliphatic rings. The lowest BCUT2D eigenvalue weighted by atomic mass is 10.4. The maximum Gasteiger partial charge on any atom is 0.417 e. The quantitative estimate of drug-likeness (QED) is 0.451. The molecule has 6 heteroatoms. The number of piperazine rings is 1. The van der Waals surface area contributed by atoms with Crippen molar-refractivity contribution in [1.82, 2.24) is 10.2 Å². The molecule has 1 saturated heterocycles. The molecular formula is C8H11N3O3. The summed E-state index contributed by atoms with van der Waals surface area (Å²) in [6.45, 7) is 2.44. The number of hydrogen-bond donors (Lipinski definition) is 1. The first-order valence-corrected chi connectivity index (χ1v) is 4.31. The van der Waals surface area contributed by atoms with Crippen LogP contribution in [0.4, 0.5) is 4.79 Å². The molecule has 1 rings (SSSR count). The number of carbonyl (C=O) groups is 2. The van der Waals surface area contributed by atoms with E-state index in [1.165, 1.54) is 4.90 Å². The van der Waals surface area contributed by atoms with Crippen molar-refractivity contribution in [2.45, 2.75) is 6.42 Å². The molecule has 0 aromatic heterocycles. The number of ether oxygens (including phenoxy) is 1. The summed E-state index contributed by atoms with van der Waals surface area (Å²) in [5.74, 6) is -0.795. The molecule has 0 aromatic rings. The van der Waals surface area contributed by atoms with Gasteiger partial charge in [-0.1, -0.05) is 0 Å². The number of carbonyl (C=O) groups excluding carboxylic acids is 2. The number of hydrogen-bond acceptors (Lipinski definition) is 5. The van der Waals surface area contributed by atoms with Gasteiger partial charge in [0, 0.05) is 26.2 Å². The lowest BCUT2D eigenvalue weighted by Gasteiger charge is -2.25. The second kappa shape index (κ2) is 5.19. The number of nitrogens with zero attached hydrogens (tertiary/aromatic N) is 2. The normalized spacial score (nSPS) is 15.8. The van der Waals surface area contributed by atoms with Crippen LogP contribution in [0.25, 0.3) is 0 Å². The van der Waals surface area contributed by atoms with Gasteiger partial charge >= 0.3 is 12.1 Å². The molecule has 6 nitrogen and oxygen atoms in total. The molecule has 76 valence electrons. The van der Waals surface area contributed by atoms with Gasteiger partial charge in [-0.3, -0.25) is 4.79 Å². The van der Waals surface area contributed by atoms with E-state index in [0.717, 1.165) is 0 Å². The van der Waals surface area contributed by atoms with Gasteiger partial charge in [0.05, 0.1) is 6.07 Å². The fourth-order valence-corrected chi connectivity index (χ4v) is 1.11. The molecule has 1 N–H and O–H groups in total. The molecule has 1 heterocycles. The van der Waals surface area contributed by atoms with Gasteiger partial charge in [-0.25, -0.2) is 4.79 Å². The Balaban J connectivity index is 2.33. The van der Waals surface area contributed by atoms with Gasteiger partial charge in [-0.15, -0.1) is 0 Å². The number of nitriles is 1. The third kappa shape index (κ3) is 3.03. The minimum Gasteiger partial charge on any atom is -0.375 e. The number of rotatable bonds is 1. The molecule has 0 aromatic carbocycles. The lowest BCUT2D eigenvalue weighted by Crippen LogP contribution is -2.47. The first-order valence-electron chi connectivity index (χ1n) is 4.31. The predicted molar refractivity (Wildman–Crippen MR) is 46.2 cm³/mol. The Morgan fingerprint density at radius 2 is 2.07 bits per heavy atom. The van der Waals surface area contributed by atoms with Crippen LogP contribution in [0.15, 0.2) is 0 Å². The van der Waals surface area contributed by atoms with Crippen LogP contribution in [-0.2, 0) is 9.53 Å². The van der Waals surface area contributed by atoms with Gasteiger partial charge in [0.1, 0.15) is 6.42 Å². The Hall–Kier alpha value is -1.61. The molecule has 1 fully saturated rings. The number of esters is 1. The summed E-state index contributed by atoms with van der Waals surface area (Å²) < 4.78 is 4.43. The van der Waals surface area contributed by atoms with E-state index in [1.54, 1.807) is 6.07 Å². The SMILES string of the molecule is N#CCC(=O)OC(=O)N1CCNCC1. The third-order valence-electron chi connectivity index (χ3n) is 1.80. The summed E-state index contributed by atoms with van der Waals surface area (Å²) in [6.07, 6.45) is -1.05. The standard InChI is InChI=1S/C8H11N3O3/c9-2-1-7(12)14-8(13)11-5-3-10-4-6-11/h10H,1,3-6H2. The van der Waals surface area contributed by atoms with Crippen molar-refractivity contribution in [3.05, 3.63) is 0 Å². The monoisotopic (exact) mass is 197 g/mol. The Bertz CT molecular complexity index is 265. The van der Waals surface area contributed by atoms with E-state index in [9.17, 15) is 9.59 Å². The van der Waals surface area contributed by atoms with E-state index in [4.69, 9.17) is 5.26 Å². The van der Waals surface area contributed by atoms with E-state index in [1.807, 2.05) is 0 Å². The van der Waals surface area contributed by atoms with E-state index in [2.05, 4.69) is 10.1 Å². The second-order valence-electron chi connectivity index (χ2n) is 2.81. The highest BCUT2D eigenvalue weighted by molar-refractivity contribution is 5.85. The summed E-state index contributed by atoms with van der Waals surface area (Å²) in [5.41, 5.74) is 0. The Kier molecular flexibility index (Phi) is 3.88. The van der Waals surface area contributed by atoms with Gasteiger partial charge in [-0.05, 0) is 0 Å². The second-order valence-corrected chi connectivity index (χ2v) is 2.81. The highest BCUT2D eigenvalue weighted by atomic mass is 16.6. The zero-order chi connectivity index (χ0) is 10.4. The van der Waals surface area contributed by atoms with E-state index in [0.29, 0.717) is 26.2 Å². The van der Waals surface area contributed by atoms with Crippen LogP contribution in [0, 0.1) is 11.3 Å².